The number of rotatable bonds is 0. The number of pyridine rings is 14. The van der Waals surface area contributed by atoms with Crippen molar-refractivity contribution >= 4 is 98.4 Å². The molecular formula is C99H130N18. The molecule has 18 heteroatoms. The third-order valence-corrected chi connectivity index (χ3v) is 16.2. The molecular weight excluding hydrogens is 1440 g/mol. The van der Waals surface area contributed by atoms with Crippen LogP contribution in [0.5, 0.6) is 0 Å². The van der Waals surface area contributed by atoms with Gasteiger partial charge in [-0.25, -0.2) is 19.9 Å². The fourth-order valence-electron chi connectivity index (χ4n) is 10.5. The first-order valence-electron chi connectivity index (χ1n) is 41.1. The maximum absolute atomic E-state index is 4.38. The number of benzene rings is 2. The number of aryl methyl sites for hydroxylation is 11. The topological polar surface area (TPSA) is 216 Å². The van der Waals surface area contributed by atoms with Crippen LogP contribution in [0.4, 0.5) is 0 Å². The Balaban J connectivity index is 0.000000642. The van der Waals surface area contributed by atoms with E-state index in [1.165, 1.54) is 60.6 Å². The predicted octanol–water partition coefficient (Wildman–Crippen LogP) is 26.6. The number of imidazole rings is 2. The van der Waals surface area contributed by atoms with Gasteiger partial charge in [-0.05, 0) is 216 Å². The smallest absolute Gasteiger partial charge is 0.159 e. The van der Waals surface area contributed by atoms with Crippen LogP contribution in [0.2, 0.25) is 0 Å². The molecule has 0 aliphatic carbocycles. The van der Waals surface area contributed by atoms with E-state index in [0.29, 0.717) is 0 Å². The molecule has 0 bridgehead atoms. The number of fused-ring (bicyclic) bond motifs is 9. The second-order valence-corrected chi connectivity index (χ2v) is 23.1. The third-order valence-electron chi connectivity index (χ3n) is 16.2. The quantitative estimate of drug-likeness (QED) is 0.138. The van der Waals surface area contributed by atoms with Crippen molar-refractivity contribution in [1.29, 1.82) is 0 Å². The van der Waals surface area contributed by atoms with Crippen LogP contribution in [-0.2, 0) is 14.1 Å². The van der Waals surface area contributed by atoms with Crippen molar-refractivity contribution in [1.82, 2.24) is 88.9 Å². The third kappa shape index (κ3) is 32.6. The van der Waals surface area contributed by atoms with Crippen LogP contribution in [0, 0.1) is 62.3 Å². The Bertz CT molecular complexity index is 4790. The molecule has 616 valence electrons. The molecule has 16 aromatic heterocycles. The summed E-state index contributed by atoms with van der Waals surface area (Å²) < 4.78 is 4.19. The largest absolute Gasteiger partial charge is 0.331 e. The maximum Gasteiger partial charge on any atom is 0.159 e. The monoisotopic (exact) mass is 1570 g/mol. The number of aromatic nitrogens is 18. The SMILES string of the molecule is CC.CC.CC.CC.CC.CC.CC.CC.CC.Cc1ccnc2cccnc12.Cc1ccnc2ccncc12.Cc1ccnc2cnccc12.Cc1ccnc2ncccc12.Cc1cncc2cccnc12.Cc1cncc2ccncc12.Cc1cncc2cnccc12.Cc1nc2ccccc2n1C.Cc1nc2ccccc2n1C. The van der Waals surface area contributed by atoms with Crippen LogP contribution < -0.4 is 0 Å². The molecule has 16 heterocycles. The Labute approximate surface area is 698 Å². The summed E-state index contributed by atoms with van der Waals surface area (Å²) in [6, 6.07) is 43.9. The van der Waals surface area contributed by atoms with Crippen molar-refractivity contribution in [3.63, 3.8) is 0 Å². The fourth-order valence-corrected chi connectivity index (χ4v) is 10.5. The number of para-hydroxylation sites is 4. The summed E-state index contributed by atoms with van der Waals surface area (Å²) >= 11 is 0. The van der Waals surface area contributed by atoms with Crippen LogP contribution in [0.1, 0.15) is 175 Å². The molecule has 0 saturated heterocycles. The Morgan fingerprint density at radius 1 is 0.205 bits per heavy atom. The standard InChI is InChI=1S/2C9H10N2.7C9H8N2.9C2H6/c2*1-7-10-8-5-3-4-6-9(8)11(7)2;1-7-2-5-11-9-3-4-10-6-8(7)9;1-7-2-5-11-9-6-10-4-3-8(7)9;1-7-4-11-6-8-5-10-3-2-9(7)8;1-7-4-11-5-8-2-3-10-6-9(7)8;1-7-4-6-10-8-3-2-5-11-9(7)8;1-7-4-6-11-9-8(7)3-2-5-10-9;1-7-5-10-6-8-3-2-4-11-9(7)8;9*1-2/h2*3-6H,1-2H3;7*2-6H,1H3;9*1-2H3. The zero-order valence-corrected chi connectivity index (χ0v) is 75.4. The summed E-state index contributed by atoms with van der Waals surface area (Å²) in [7, 11) is 4.06. The molecule has 0 atom stereocenters. The fraction of sp³-hybridized carbons (Fsp3) is 0.293. The minimum Gasteiger partial charge on any atom is -0.331 e. The normalized spacial score (nSPS) is 9.24. The lowest BCUT2D eigenvalue weighted by atomic mass is 10.1. The highest BCUT2D eigenvalue weighted by Gasteiger charge is 2.04. The second-order valence-electron chi connectivity index (χ2n) is 23.1. The highest BCUT2D eigenvalue weighted by atomic mass is 15.1. The van der Waals surface area contributed by atoms with Crippen molar-refractivity contribution < 1.29 is 0 Å². The first kappa shape index (κ1) is 102. The summed E-state index contributed by atoms with van der Waals surface area (Å²) in [5.41, 5.74) is 18.7. The van der Waals surface area contributed by atoms with Gasteiger partial charge in [-0.15, -0.1) is 0 Å². The van der Waals surface area contributed by atoms with Gasteiger partial charge in [0, 0.05) is 176 Å². The minimum atomic E-state index is 0.826. The van der Waals surface area contributed by atoms with Crippen molar-refractivity contribution in [3.8, 4) is 0 Å². The van der Waals surface area contributed by atoms with E-state index in [1.54, 1.807) is 68.2 Å². The van der Waals surface area contributed by atoms with E-state index in [1.807, 2.05) is 357 Å². The molecule has 18 nitrogen and oxygen atoms in total. The van der Waals surface area contributed by atoms with Crippen molar-refractivity contribution in [2.75, 3.05) is 0 Å². The molecule has 117 heavy (non-hydrogen) atoms. The number of hydrogen-bond acceptors (Lipinski definition) is 16. The van der Waals surface area contributed by atoms with Gasteiger partial charge in [0.25, 0.3) is 0 Å². The van der Waals surface area contributed by atoms with E-state index in [9.17, 15) is 0 Å². The first-order valence-corrected chi connectivity index (χ1v) is 41.1. The zero-order valence-electron chi connectivity index (χ0n) is 75.4. The molecule has 0 unspecified atom stereocenters. The Hall–Kier alpha value is -12.7. The maximum atomic E-state index is 4.38. The lowest BCUT2D eigenvalue weighted by Crippen LogP contribution is -1.89. The van der Waals surface area contributed by atoms with Gasteiger partial charge in [0.15, 0.2) is 5.65 Å². The van der Waals surface area contributed by atoms with E-state index < -0.39 is 0 Å². The molecule has 0 radical (unpaired) electrons. The second kappa shape index (κ2) is 60.8. The highest BCUT2D eigenvalue weighted by molar-refractivity contribution is 5.86. The summed E-state index contributed by atoms with van der Waals surface area (Å²) in [6.07, 6.45) is 38.1. The van der Waals surface area contributed by atoms with E-state index in [-0.39, 0.29) is 0 Å². The summed E-state index contributed by atoms with van der Waals surface area (Å²) in [5, 5.41) is 9.23. The number of hydrogen-bond donors (Lipinski definition) is 0. The lowest BCUT2D eigenvalue weighted by molar-refractivity contribution is 0.886. The van der Waals surface area contributed by atoms with Crippen LogP contribution in [0.15, 0.2) is 264 Å². The lowest BCUT2D eigenvalue weighted by Gasteiger charge is -1.97. The van der Waals surface area contributed by atoms with Gasteiger partial charge >= 0.3 is 0 Å². The molecule has 0 N–H and O–H groups in total. The van der Waals surface area contributed by atoms with Crippen LogP contribution in [0.25, 0.3) is 98.4 Å². The molecule has 0 amide bonds. The summed E-state index contributed by atoms with van der Waals surface area (Å²) in [6.45, 7) is 54.4. The summed E-state index contributed by atoms with van der Waals surface area (Å²) in [5.74, 6) is 2.12. The molecule has 18 rings (SSSR count). The Morgan fingerprint density at radius 3 is 1.11 bits per heavy atom. The minimum absolute atomic E-state index is 0.826. The number of nitrogens with zero attached hydrogens (tertiary/aromatic N) is 18. The molecule has 0 saturated carbocycles. The van der Waals surface area contributed by atoms with Crippen molar-refractivity contribution in [2.45, 2.75) is 187 Å². The highest BCUT2D eigenvalue weighted by Crippen LogP contribution is 2.20. The van der Waals surface area contributed by atoms with Crippen molar-refractivity contribution in [2.24, 2.45) is 14.1 Å². The molecule has 2 aromatic carbocycles. The van der Waals surface area contributed by atoms with E-state index in [2.05, 4.69) is 129 Å². The molecule has 0 aliphatic rings. The Kier molecular flexibility index (Phi) is 53.2. The molecule has 18 aromatic rings. The van der Waals surface area contributed by atoms with Gasteiger partial charge in [-0.2, -0.15) is 0 Å². The van der Waals surface area contributed by atoms with Gasteiger partial charge in [-0.3, -0.25) is 59.8 Å². The Morgan fingerprint density at radius 2 is 0.590 bits per heavy atom. The summed E-state index contributed by atoms with van der Waals surface area (Å²) in [4.78, 5) is 66.3. The van der Waals surface area contributed by atoms with E-state index in [0.717, 1.165) is 88.4 Å². The van der Waals surface area contributed by atoms with Crippen LogP contribution in [-0.4, -0.2) is 88.9 Å². The van der Waals surface area contributed by atoms with Crippen LogP contribution >= 0.6 is 0 Å². The first-order chi connectivity index (χ1) is 57.2. The van der Waals surface area contributed by atoms with E-state index >= 15 is 0 Å². The average Bonchev–Trinajstić information content (AvgIpc) is 1.68. The zero-order chi connectivity index (χ0) is 87.5. The van der Waals surface area contributed by atoms with Gasteiger partial charge in [0.1, 0.15) is 11.6 Å². The van der Waals surface area contributed by atoms with E-state index in [4.69, 9.17) is 0 Å². The molecule has 0 spiro atoms. The average molecular weight is 1570 g/mol. The van der Waals surface area contributed by atoms with Crippen LogP contribution in [0.3, 0.4) is 0 Å². The van der Waals surface area contributed by atoms with Gasteiger partial charge in [-0.1, -0.05) is 149 Å². The van der Waals surface area contributed by atoms with Gasteiger partial charge in [0.2, 0.25) is 0 Å². The molecule has 0 aliphatic heterocycles. The molecule has 0 fully saturated rings. The van der Waals surface area contributed by atoms with Crippen molar-refractivity contribution in [3.05, 3.63) is 314 Å². The van der Waals surface area contributed by atoms with Gasteiger partial charge in [0.05, 0.1) is 55.8 Å². The van der Waals surface area contributed by atoms with Gasteiger partial charge < -0.3 is 9.13 Å². The predicted molar refractivity (Wildman–Crippen MR) is 503 cm³/mol.